The molecule has 16 heavy (non-hydrogen) atoms. The fraction of sp³-hybridized carbons (Fsp3) is 0.182. The van der Waals surface area contributed by atoms with Crippen molar-refractivity contribution in [2.45, 2.75) is 6.92 Å². The lowest BCUT2D eigenvalue weighted by Gasteiger charge is -2.02. The van der Waals surface area contributed by atoms with Crippen molar-refractivity contribution in [3.63, 3.8) is 0 Å². The third-order valence-electron chi connectivity index (χ3n) is 2.54. The molecule has 0 saturated heterocycles. The van der Waals surface area contributed by atoms with Gasteiger partial charge >= 0.3 is 5.97 Å². The number of halogens is 1. The Balaban J connectivity index is 2.77. The van der Waals surface area contributed by atoms with Gasteiger partial charge in [-0.3, -0.25) is 0 Å². The van der Waals surface area contributed by atoms with Gasteiger partial charge in [-0.15, -0.1) is 0 Å². The van der Waals surface area contributed by atoms with Crippen LogP contribution in [0.5, 0.6) is 5.75 Å². The van der Waals surface area contributed by atoms with Crippen LogP contribution in [0.1, 0.15) is 16.1 Å². The molecule has 1 heterocycles. The van der Waals surface area contributed by atoms with Crippen molar-refractivity contribution in [1.82, 2.24) is 4.98 Å². The van der Waals surface area contributed by atoms with E-state index in [0.717, 1.165) is 15.4 Å². The summed E-state index contributed by atoms with van der Waals surface area (Å²) >= 11 is 3.36. The first-order valence-corrected chi connectivity index (χ1v) is 5.43. The quantitative estimate of drug-likeness (QED) is 0.891. The summed E-state index contributed by atoms with van der Waals surface area (Å²) in [6.45, 7) is 1.77. The van der Waals surface area contributed by atoms with E-state index in [1.54, 1.807) is 14.0 Å². The molecule has 0 radical (unpaired) electrons. The molecule has 1 aromatic carbocycles. The monoisotopic (exact) mass is 283 g/mol. The molecule has 1 aromatic heterocycles. The van der Waals surface area contributed by atoms with Crippen LogP contribution in [0.15, 0.2) is 16.6 Å². The molecular weight excluding hydrogens is 274 g/mol. The van der Waals surface area contributed by atoms with Crippen molar-refractivity contribution in [1.29, 1.82) is 0 Å². The maximum absolute atomic E-state index is 11.0. The molecule has 0 aliphatic carbocycles. The highest BCUT2D eigenvalue weighted by Crippen LogP contribution is 2.32. The summed E-state index contributed by atoms with van der Waals surface area (Å²) in [6.07, 6.45) is 0. The Morgan fingerprint density at radius 1 is 1.50 bits per heavy atom. The Morgan fingerprint density at radius 2 is 2.19 bits per heavy atom. The molecule has 0 aliphatic heterocycles. The van der Waals surface area contributed by atoms with Crippen LogP contribution >= 0.6 is 15.9 Å². The molecule has 0 saturated carbocycles. The van der Waals surface area contributed by atoms with E-state index in [9.17, 15) is 4.79 Å². The molecule has 5 heteroatoms. The lowest BCUT2D eigenvalue weighted by molar-refractivity contribution is 0.0691. The Kier molecular flexibility index (Phi) is 2.63. The minimum Gasteiger partial charge on any atom is -0.496 e. The number of benzene rings is 1. The third-order valence-corrected chi connectivity index (χ3v) is 3.16. The fourth-order valence-electron chi connectivity index (χ4n) is 1.70. The Morgan fingerprint density at radius 3 is 2.75 bits per heavy atom. The van der Waals surface area contributed by atoms with Crippen LogP contribution < -0.4 is 4.74 Å². The Hall–Kier alpha value is -1.49. The number of carboxylic acids is 1. The summed E-state index contributed by atoms with van der Waals surface area (Å²) in [7, 11) is 1.58. The number of H-pyrrole nitrogens is 1. The lowest BCUT2D eigenvalue weighted by atomic mass is 10.1. The standard InChI is InChI=1S/C11H10BrNO3/c1-5-6-3-9(16-2)7(12)4-8(6)13-10(5)11(14)15/h3-4,13H,1-2H3,(H,14,15). The molecular formula is C11H10BrNO3. The van der Waals surface area contributed by atoms with E-state index in [2.05, 4.69) is 20.9 Å². The number of carbonyl (C=O) groups is 1. The number of aromatic carboxylic acids is 1. The maximum Gasteiger partial charge on any atom is 0.352 e. The predicted molar refractivity (Wildman–Crippen MR) is 64.2 cm³/mol. The summed E-state index contributed by atoms with van der Waals surface area (Å²) in [5.41, 5.74) is 1.71. The number of carboxylic acid groups (broad SMARTS) is 1. The molecule has 4 nitrogen and oxygen atoms in total. The van der Waals surface area contributed by atoms with Gasteiger partial charge in [0.2, 0.25) is 0 Å². The molecule has 2 N–H and O–H groups in total. The molecule has 84 valence electrons. The molecule has 2 aromatic rings. The van der Waals surface area contributed by atoms with Crippen molar-refractivity contribution < 1.29 is 14.6 Å². The molecule has 0 unspecified atom stereocenters. The van der Waals surface area contributed by atoms with Gasteiger partial charge in [0.05, 0.1) is 11.6 Å². The second kappa shape index (κ2) is 3.83. The summed E-state index contributed by atoms with van der Waals surface area (Å²) in [5, 5.41) is 9.85. The van der Waals surface area contributed by atoms with Gasteiger partial charge in [-0.25, -0.2) is 4.79 Å². The smallest absolute Gasteiger partial charge is 0.352 e. The van der Waals surface area contributed by atoms with Crippen molar-refractivity contribution in [3.8, 4) is 5.75 Å². The number of hydrogen-bond acceptors (Lipinski definition) is 2. The van der Waals surface area contributed by atoms with Crippen LogP contribution in [0.2, 0.25) is 0 Å². The Labute approximate surface area is 100 Å². The number of fused-ring (bicyclic) bond motifs is 1. The fourth-order valence-corrected chi connectivity index (χ4v) is 2.21. The zero-order valence-corrected chi connectivity index (χ0v) is 10.4. The van der Waals surface area contributed by atoms with Gasteiger partial charge in [0, 0.05) is 10.9 Å². The van der Waals surface area contributed by atoms with Crippen LogP contribution in [-0.4, -0.2) is 23.2 Å². The number of hydrogen-bond donors (Lipinski definition) is 2. The normalized spacial score (nSPS) is 10.7. The van der Waals surface area contributed by atoms with Crippen LogP contribution in [-0.2, 0) is 0 Å². The van der Waals surface area contributed by atoms with E-state index in [-0.39, 0.29) is 5.69 Å². The van der Waals surface area contributed by atoms with Crippen LogP contribution in [0.4, 0.5) is 0 Å². The van der Waals surface area contributed by atoms with Gasteiger partial charge in [0.25, 0.3) is 0 Å². The van der Waals surface area contributed by atoms with E-state index in [4.69, 9.17) is 9.84 Å². The first-order valence-electron chi connectivity index (χ1n) is 4.63. The number of aromatic nitrogens is 1. The SMILES string of the molecule is COc1cc2c(C)c(C(=O)O)[nH]c2cc1Br. The minimum atomic E-state index is -0.955. The van der Waals surface area contributed by atoms with Gasteiger partial charge in [0.1, 0.15) is 11.4 Å². The summed E-state index contributed by atoms with van der Waals surface area (Å²) in [5.74, 6) is -0.268. The first-order chi connectivity index (χ1) is 7.54. The number of nitrogens with one attached hydrogen (secondary N) is 1. The number of ether oxygens (including phenoxy) is 1. The number of aromatic amines is 1. The average Bonchev–Trinajstić information content (AvgIpc) is 2.54. The zero-order valence-electron chi connectivity index (χ0n) is 8.80. The highest BCUT2D eigenvalue weighted by atomic mass is 79.9. The minimum absolute atomic E-state index is 0.218. The lowest BCUT2D eigenvalue weighted by Crippen LogP contribution is -1.97. The molecule has 0 fully saturated rings. The van der Waals surface area contributed by atoms with E-state index < -0.39 is 5.97 Å². The van der Waals surface area contributed by atoms with Crippen molar-refractivity contribution in [3.05, 3.63) is 27.9 Å². The number of aryl methyl sites for hydroxylation is 1. The summed E-state index contributed by atoms with van der Waals surface area (Å²) in [6, 6.07) is 3.63. The predicted octanol–water partition coefficient (Wildman–Crippen LogP) is 2.95. The first kappa shape index (κ1) is 11.0. The molecule has 2 rings (SSSR count). The largest absolute Gasteiger partial charge is 0.496 e. The van der Waals surface area contributed by atoms with E-state index in [0.29, 0.717) is 11.3 Å². The molecule has 0 atom stereocenters. The van der Waals surface area contributed by atoms with Gasteiger partial charge in [-0.1, -0.05) is 0 Å². The zero-order chi connectivity index (χ0) is 11.9. The summed E-state index contributed by atoms with van der Waals surface area (Å²) in [4.78, 5) is 13.8. The molecule has 0 spiro atoms. The Bertz CT molecular complexity index is 574. The molecule has 0 bridgehead atoms. The molecule has 0 amide bonds. The van der Waals surface area contributed by atoms with Gasteiger partial charge in [-0.2, -0.15) is 0 Å². The maximum atomic E-state index is 11.0. The van der Waals surface area contributed by atoms with Crippen molar-refractivity contribution >= 4 is 32.8 Å². The van der Waals surface area contributed by atoms with Crippen molar-refractivity contribution in [2.24, 2.45) is 0 Å². The summed E-state index contributed by atoms with van der Waals surface area (Å²) < 4.78 is 5.96. The van der Waals surface area contributed by atoms with Crippen LogP contribution in [0.25, 0.3) is 10.9 Å². The highest BCUT2D eigenvalue weighted by molar-refractivity contribution is 9.10. The number of rotatable bonds is 2. The molecule has 0 aliphatic rings. The average molecular weight is 284 g/mol. The van der Waals surface area contributed by atoms with E-state index >= 15 is 0 Å². The highest BCUT2D eigenvalue weighted by Gasteiger charge is 2.15. The van der Waals surface area contributed by atoms with E-state index in [1.807, 2.05) is 12.1 Å². The number of methoxy groups -OCH3 is 1. The second-order valence-electron chi connectivity index (χ2n) is 3.46. The van der Waals surface area contributed by atoms with Crippen LogP contribution in [0, 0.1) is 6.92 Å². The van der Waals surface area contributed by atoms with Gasteiger partial charge < -0.3 is 14.8 Å². The van der Waals surface area contributed by atoms with E-state index in [1.165, 1.54) is 0 Å². The third kappa shape index (κ3) is 1.57. The van der Waals surface area contributed by atoms with Gasteiger partial charge in [0.15, 0.2) is 0 Å². The van der Waals surface area contributed by atoms with Gasteiger partial charge in [-0.05, 0) is 40.5 Å². The van der Waals surface area contributed by atoms with Crippen LogP contribution in [0.3, 0.4) is 0 Å². The topological polar surface area (TPSA) is 62.3 Å². The van der Waals surface area contributed by atoms with Crippen molar-refractivity contribution in [2.75, 3.05) is 7.11 Å². The second-order valence-corrected chi connectivity index (χ2v) is 4.32.